The van der Waals surface area contributed by atoms with Crippen molar-refractivity contribution in [2.75, 3.05) is 18.5 Å². The van der Waals surface area contributed by atoms with Gasteiger partial charge in [-0.3, -0.25) is 4.79 Å². The van der Waals surface area contributed by atoms with Crippen LogP contribution in [-0.2, 0) is 21.7 Å². The lowest BCUT2D eigenvalue weighted by Crippen LogP contribution is -2.37. The van der Waals surface area contributed by atoms with Gasteiger partial charge >= 0.3 is 0 Å². The Morgan fingerprint density at radius 3 is 2.96 bits per heavy atom. The molecule has 1 amide bonds. The van der Waals surface area contributed by atoms with Gasteiger partial charge < -0.3 is 15.2 Å². The molecule has 0 saturated carbocycles. The van der Waals surface area contributed by atoms with Gasteiger partial charge in [0.05, 0.1) is 0 Å². The molecule has 2 N–H and O–H groups in total. The van der Waals surface area contributed by atoms with Crippen molar-refractivity contribution in [3.63, 3.8) is 0 Å². The van der Waals surface area contributed by atoms with E-state index in [0.717, 1.165) is 5.56 Å². The summed E-state index contributed by atoms with van der Waals surface area (Å²) in [4.78, 5) is 12.3. The molecule has 24 heavy (non-hydrogen) atoms. The van der Waals surface area contributed by atoms with Crippen molar-refractivity contribution >= 4 is 23.2 Å². The number of benzene rings is 1. The molecule has 1 fully saturated rings. The molecular formula is C15H18ClN5O3. The molecule has 1 aliphatic rings. The van der Waals surface area contributed by atoms with Gasteiger partial charge in [-0.2, -0.15) is 0 Å². The average molecular weight is 352 g/mol. The first-order chi connectivity index (χ1) is 11.5. The summed E-state index contributed by atoms with van der Waals surface area (Å²) in [5.74, 6) is -0.0201. The summed E-state index contributed by atoms with van der Waals surface area (Å²) in [5, 5.41) is 25.4. The van der Waals surface area contributed by atoms with E-state index in [4.69, 9.17) is 16.3 Å². The van der Waals surface area contributed by atoms with Crippen molar-refractivity contribution in [1.82, 2.24) is 20.2 Å². The lowest BCUT2D eigenvalue weighted by atomic mass is 9.93. The van der Waals surface area contributed by atoms with Crippen LogP contribution >= 0.6 is 11.6 Å². The fraction of sp³-hybridized carbons (Fsp3) is 0.467. The predicted molar refractivity (Wildman–Crippen MR) is 86.6 cm³/mol. The third-order valence-electron chi connectivity index (χ3n) is 4.10. The Labute approximate surface area is 143 Å². The first-order valence-corrected chi connectivity index (χ1v) is 7.99. The fourth-order valence-corrected chi connectivity index (χ4v) is 2.82. The summed E-state index contributed by atoms with van der Waals surface area (Å²) >= 11 is 6.05. The molecule has 2 aromatic rings. The minimum atomic E-state index is -1.17. The normalized spacial score (nSPS) is 16.8. The van der Waals surface area contributed by atoms with Crippen LogP contribution in [0.5, 0.6) is 0 Å². The summed E-state index contributed by atoms with van der Waals surface area (Å²) in [7, 11) is 0. The Morgan fingerprint density at radius 2 is 2.21 bits per heavy atom. The van der Waals surface area contributed by atoms with Crippen LogP contribution in [0.25, 0.3) is 0 Å². The number of anilines is 1. The number of rotatable bonds is 4. The number of hydrogen-bond donors (Lipinski definition) is 2. The maximum atomic E-state index is 12.3. The number of nitrogens with one attached hydrogen (secondary N) is 1. The molecular weight excluding hydrogens is 334 g/mol. The molecule has 1 aliphatic heterocycles. The number of aromatic nitrogens is 4. The zero-order chi connectivity index (χ0) is 17.2. The Balaban J connectivity index is 1.74. The summed E-state index contributed by atoms with van der Waals surface area (Å²) < 4.78 is 6.58. The number of amides is 1. The highest BCUT2D eigenvalue weighted by molar-refractivity contribution is 6.31. The Hall–Kier alpha value is -2.03. The van der Waals surface area contributed by atoms with Crippen LogP contribution in [0, 0.1) is 6.92 Å². The van der Waals surface area contributed by atoms with Gasteiger partial charge in [0.1, 0.15) is 12.1 Å². The van der Waals surface area contributed by atoms with Crippen LogP contribution in [0.1, 0.15) is 24.2 Å². The third kappa shape index (κ3) is 3.40. The number of halogens is 1. The van der Waals surface area contributed by atoms with Crippen LogP contribution in [0.3, 0.4) is 0 Å². The van der Waals surface area contributed by atoms with Gasteiger partial charge in [-0.25, -0.2) is 4.68 Å². The monoisotopic (exact) mass is 351 g/mol. The van der Waals surface area contributed by atoms with E-state index in [1.165, 1.54) is 4.68 Å². The standard InChI is InChI=1S/C15H18ClN5O3/c1-10-11(16)3-2-4-12(10)17-13(22)9-21-14(18-19-20-21)15(23)5-7-24-8-6-15/h2-4,23H,5-9H2,1H3,(H,17,22). The number of nitrogens with zero attached hydrogens (tertiary/aromatic N) is 4. The van der Waals surface area contributed by atoms with Gasteiger partial charge in [0.15, 0.2) is 5.82 Å². The van der Waals surface area contributed by atoms with E-state index in [0.29, 0.717) is 36.8 Å². The highest BCUT2D eigenvalue weighted by Crippen LogP contribution is 2.30. The Bertz CT molecular complexity index is 742. The van der Waals surface area contributed by atoms with Crippen molar-refractivity contribution in [3.8, 4) is 0 Å². The number of tetrazole rings is 1. The first kappa shape index (κ1) is 16.8. The summed E-state index contributed by atoms with van der Waals surface area (Å²) in [5.41, 5.74) is 0.244. The van der Waals surface area contributed by atoms with Crippen molar-refractivity contribution in [3.05, 3.63) is 34.6 Å². The van der Waals surface area contributed by atoms with Crippen molar-refractivity contribution < 1.29 is 14.6 Å². The van der Waals surface area contributed by atoms with Gasteiger partial charge in [0, 0.05) is 36.8 Å². The van der Waals surface area contributed by atoms with Crippen molar-refractivity contribution in [2.45, 2.75) is 31.9 Å². The van der Waals surface area contributed by atoms with Gasteiger partial charge in [-0.05, 0) is 35.0 Å². The molecule has 8 nitrogen and oxygen atoms in total. The minimum Gasteiger partial charge on any atom is -0.382 e. The Morgan fingerprint density at radius 1 is 1.46 bits per heavy atom. The predicted octanol–water partition coefficient (Wildman–Crippen LogP) is 1.27. The zero-order valence-electron chi connectivity index (χ0n) is 13.2. The minimum absolute atomic E-state index is 0.0997. The van der Waals surface area contributed by atoms with Gasteiger partial charge in [-0.1, -0.05) is 17.7 Å². The molecule has 1 aromatic heterocycles. The molecule has 9 heteroatoms. The molecule has 0 aliphatic carbocycles. The molecule has 1 saturated heterocycles. The summed E-state index contributed by atoms with van der Waals surface area (Å²) in [6, 6.07) is 5.29. The van der Waals surface area contributed by atoms with E-state index in [-0.39, 0.29) is 18.3 Å². The first-order valence-electron chi connectivity index (χ1n) is 7.61. The van der Waals surface area contributed by atoms with E-state index < -0.39 is 5.60 Å². The summed E-state index contributed by atoms with van der Waals surface area (Å²) in [6.07, 6.45) is 0.783. The highest BCUT2D eigenvalue weighted by Gasteiger charge is 2.37. The number of hydrogen-bond acceptors (Lipinski definition) is 6. The molecule has 1 aromatic carbocycles. The summed E-state index contributed by atoms with van der Waals surface area (Å²) in [6.45, 7) is 2.58. The second-order valence-electron chi connectivity index (χ2n) is 5.76. The van der Waals surface area contributed by atoms with Crippen LogP contribution in [0.4, 0.5) is 5.69 Å². The number of carbonyl (C=O) groups is 1. The van der Waals surface area contributed by atoms with E-state index in [9.17, 15) is 9.90 Å². The van der Waals surface area contributed by atoms with Crippen molar-refractivity contribution in [2.24, 2.45) is 0 Å². The molecule has 2 heterocycles. The lowest BCUT2D eigenvalue weighted by molar-refractivity contribution is -0.117. The van der Waals surface area contributed by atoms with Crippen LogP contribution in [-0.4, -0.2) is 44.4 Å². The zero-order valence-corrected chi connectivity index (χ0v) is 14.0. The molecule has 3 rings (SSSR count). The number of aliphatic hydroxyl groups is 1. The van der Waals surface area contributed by atoms with Crippen molar-refractivity contribution in [1.29, 1.82) is 0 Å². The largest absolute Gasteiger partial charge is 0.382 e. The Kier molecular flexibility index (Phi) is 4.79. The van der Waals surface area contributed by atoms with E-state index >= 15 is 0 Å². The van der Waals surface area contributed by atoms with Gasteiger partial charge in [-0.15, -0.1) is 5.10 Å². The quantitative estimate of drug-likeness (QED) is 0.860. The topological polar surface area (TPSA) is 102 Å². The van der Waals surface area contributed by atoms with Crippen LogP contribution < -0.4 is 5.32 Å². The SMILES string of the molecule is Cc1c(Cl)cccc1NC(=O)Cn1nnnc1C1(O)CCOCC1. The van der Waals surface area contributed by atoms with Gasteiger partial charge in [0.2, 0.25) is 5.91 Å². The highest BCUT2D eigenvalue weighted by atomic mass is 35.5. The molecule has 0 atom stereocenters. The van der Waals surface area contributed by atoms with Gasteiger partial charge in [0.25, 0.3) is 0 Å². The number of ether oxygens (including phenoxy) is 1. The third-order valence-corrected chi connectivity index (χ3v) is 4.51. The molecule has 0 bridgehead atoms. The maximum absolute atomic E-state index is 12.3. The van der Waals surface area contributed by atoms with E-state index in [2.05, 4.69) is 20.8 Å². The van der Waals surface area contributed by atoms with Crippen LogP contribution in [0.2, 0.25) is 5.02 Å². The second kappa shape index (κ2) is 6.84. The second-order valence-corrected chi connectivity index (χ2v) is 6.17. The van der Waals surface area contributed by atoms with E-state index in [1.807, 2.05) is 6.92 Å². The smallest absolute Gasteiger partial charge is 0.246 e. The maximum Gasteiger partial charge on any atom is 0.246 e. The molecule has 0 radical (unpaired) electrons. The molecule has 0 unspecified atom stereocenters. The van der Waals surface area contributed by atoms with Crippen LogP contribution in [0.15, 0.2) is 18.2 Å². The lowest BCUT2D eigenvalue weighted by Gasteiger charge is -2.30. The number of carbonyl (C=O) groups excluding carboxylic acids is 1. The molecule has 0 spiro atoms. The molecule has 128 valence electrons. The van der Waals surface area contributed by atoms with E-state index in [1.54, 1.807) is 18.2 Å². The average Bonchev–Trinajstić information content (AvgIpc) is 3.01. The fourth-order valence-electron chi connectivity index (χ4n) is 2.65.